The van der Waals surface area contributed by atoms with Crippen LogP contribution in [0.3, 0.4) is 0 Å². The number of ether oxygens (including phenoxy) is 1. The molecule has 1 fully saturated rings. The van der Waals surface area contributed by atoms with Gasteiger partial charge in [0, 0.05) is 45.1 Å². The lowest BCUT2D eigenvalue weighted by Gasteiger charge is -2.37. The van der Waals surface area contributed by atoms with Crippen LogP contribution in [0.2, 0.25) is 0 Å². The predicted octanol–water partition coefficient (Wildman–Crippen LogP) is 1.92. The second kappa shape index (κ2) is 7.42. The molecule has 1 aromatic carbocycles. The Morgan fingerprint density at radius 1 is 1.00 bits per heavy atom. The summed E-state index contributed by atoms with van der Waals surface area (Å²) in [5, 5.41) is 0. The van der Waals surface area contributed by atoms with Gasteiger partial charge in [-0.2, -0.15) is 0 Å². The summed E-state index contributed by atoms with van der Waals surface area (Å²) in [6.45, 7) is 4.43. The number of amides is 1. The van der Waals surface area contributed by atoms with Crippen LogP contribution in [0.5, 0.6) is 0 Å². The Morgan fingerprint density at radius 2 is 1.68 bits per heavy atom. The summed E-state index contributed by atoms with van der Waals surface area (Å²) in [4.78, 5) is 28.7. The molecule has 25 heavy (non-hydrogen) atoms. The number of anilines is 1. The second-order valence-corrected chi connectivity index (χ2v) is 6.20. The number of carbonyl (C=O) groups excluding carboxylic acids is 2. The third kappa shape index (κ3) is 3.84. The van der Waals surface area contributed by atoms with Crippen LogP contribution in [0.1, 0.15) is 17.4 Å². The van der Waals surface area contributed by atoms with Crippen molar-refractivity contribution < 1.29 is 14.3 Å². The molecule has 2 heterocycles. The number of carbonyl (C=O) groups is 2. The lowest BCUT2D eigenvalue weighted by Crippen LogP contribution is -2.51. The van der Waals surface area contributed by atoms with E-state index in [4.69, 9.17) is 4.74 Å². The first-order valence-electron chi connectivity index (χ1n) is 8.47. The van der Waals surface area contributed by atoms with Gasteiger partial charge >= 0.3 is 5.97 Å². The summed E-state index contributed by atoms with van der Waals surface area (Å²) in [6.07, 6.45) is 0.983. The van der Waals surface area contributed by atoms with Gasteiger partial charge in [-0.3, -0.25) is 4.79 Å². The molecule has 1 amide bonds. The molecule has 132 valence electrons. The van der Waals surface area contributed by atoms with E-state index < -0.39 is 12.1 Å². The Morgan fingerprint density at radius 3 is 2.28 bits per heavy atom. The van der Waals surface area contributed by atoms with Gasteiger partial charge in [0.1, 0.15) is 5.69 Å². The van der Waals surface area contributed by atoms with Crippen LogP contribution in [0.4, 0.5) is 5.69 Å². The molecule has 6 heteroatoms. The van der Waals surface area contributed by atoms with Crippen LogP contribution in [-0.2, 0) is 16.6 Å². The standard InChI is InChI=1S/C19H23N3O3/c1-15(25-19(24)17-9-6-10-20(17)2)18(23)22-13-11-21(12-14-22)16-7-4-3-5-8-16/h3-10,15H,11-14H2,1-2H3/t15-/m1/s1. The fourth-order valence-corrected chi connectivity index (χ4v) is 3.03. The Bertz CT molecular complexity index is 733. The van der Waals surface area contributed by atoms with Crippen LogP contribution in [0.25, 0.3) is 0 Å². The number of rotatable bonds is 4. The fraction of sp³-hybridized carbons (Fsp3) is 0.368. The van der Waals surface area contributed by atoms with E-state index in [9.17, 15) is 9.59 Å². The van der Waals surface area contributed by atoms with Crippen molar-refractivity contribution in [3.63, 3.8) is 0 Å². The highest BCUT2D eigenvalue weighted by Gasteiger charge is 2.28. The summed E-state index contributed by atoms with van der Waals surface area (Å²) in [6, 6.07) is 13.6. The van der Waals surface area contributed by atoms with E-state index in [1.807, 2.05) is 18.2 Å². The van der Waals surface area contributed by atoms with E-state index in [-0.39, 0.29) is 5.91 Å². The van der Waals surface area contributed by atoms with Crippen molar-refractivity contribution in [2.45, 2.75) is 13.0 Å². The molecule has 0 radical (unpaired) electrons. The van der Waals surface area contributed by atoms with Crippen molar-refractivity contribution in [3.8, 4) is 0 Å². The van der Waals surface area contributed by atoms with E-state index in [0.717, 1.165) is 18.8 Å². The van der Waals surface area contributed by atoms with Crippen molar-refractivity contribution >= 4 is 17.6 Å². The molecule has 6 nitrogen and oxygen atoms in total. The number of esters is 1. The van der Waals surface area contributed by atoms with E-state index >= 15 is 0 Å². The van der Waals surface area contributed by atoms with Gasteiger partial charge < -0.3 is 19.1 Å². The van der Waals surface area contributed by atoms with Crippen LogP contribution in [0.15, 0.2) is 48.7 Å². The van der Waals surface area contributed by atoms with E-state index in [0.29, 0.717) is 18.8 Å². The zero-order chi connectivity index (χ0) is 17.8. The maximum absolute atomic E-state index is 12.6. The van der Waals surface area contributed by atoms with Gasteiger partial charge in [-0.05, 0) is 31.2 Å². The average Bonchev–Trinajstić information content (AvgIpc) is 3.08. The van der Waals surface area contributed by atoms with Gasteiger partial charge in [0.05, 0.1) is 0 Å². The van der Waals surface area contributed by atoms with E-state index in [1.54, 1.807) is 41.8 Å². The molecule has 0 aliphatic carbocycles. The van der Waals surface area contributed by atoms with Gasteiger partial charge in [0.25, 0.3) is 5.91 Å². The molecule has 1 aliphatic heterocycles. The Labute approximate surface area is 147 Å². The molecular weight excluding hydrogens is 318 g/mol. The van der Waals surface area contributed by atoms with Gasteiger partial charge in [-0.15, -0.1) is 0 Å². The zero-order valence-corrected chi connectivity index (χ0v) is 14.6. The van der Waals surface area contributed by atoms with Gasteiger partial charge in [-0.1, -0.05) is 18.2 Å². The first-order chi connectivity index (χ1) is 12.1. The maximum Gasteiger partial charge on any atom is 0.355 e. The van der Waals surface area contributed by atoms with E-state index in [1.165, 1.54) is 0 Å². The SMILES string of the molecule is C[C@@H](OC(=O)c1cccn1C)C(=O)N1CCN(c2ccccc2)CC1. The Kier molecular flexibility index (Phi) is 5.07. The highest BCUT2D eigenvalue weighted by Crippen LogP contribution is 2.16. The molecule has 1 aromatic heterocycles. The molecule has 0 saturated carbocycles. The van der Waals surface area contributed by atoms with Crippen molar-refractivity contribution in [2.75, 3.05) is 31.1 Å². The molecule has 3 rings (SSSR count). The monoisotopic (exact) mass is 341 g/mol. The number of piperazine rings is 1. The van der Waals surface area contributed by atoms with Crippen LogP contribution in [0, 0.1) is 0 Å². The van der Waals surface area contributed by atoms with E-state index in [2.05, 4.69) is 17.0 Å². The lowest BCUT2D eigenvalue weighted by molar-refractivity contribution is -0.140. The minimum Gasteiger partial charge on any atom is -0.448 e. The fourth-order valence-electron chi connectivity index (χ4n) is 3.03. The third-order valence-electron chi connectivity index (χ3n) is 4.50. The molecule has 0 unspecified atom stereocenters. The smallest absolute Gasteiger partial charge is 0.355 e. The summed E-state index contributed by atoms with van der Waals surface area (Å²) in [7, 11) is 1.77. The molecule has 1 atom stereocenters. The Hall–Kier alpha value is -2.76. The number of para-hydroxylation sites is 1. The van der Waals surface area contributed by atoms with Crippen LogP contribution < -0.4 is 4.90 Å². The number of hydrogen-bond acceptors (Lipinski definition) is 4. The molecule has 1 saturated heterocycles. The Balaban J connectivity index is 1.53. The number of nitrogens with zero attached hydrogens (tertiary/aromatic N) is 3. The largest absolute Gasteiger partial charge is 0.448 e. The highest BCUT2D eigenvalue weighted by molar-refractivity contribution is 5.91. The lowest BCUT2D eigenvalue weighted by atomic mass is 10.2. The summed E-state index contributed by atoms with van der Waals surface area (Å²) in [5.41, 5.74) is 1.60. The van der Waals surface area contributed by atoms with Crippen molar-refractivity contribution in [3.05, 3.63) is 54.4 Å². The second-order valence-electron chi connectivity index (χ2n) is 6.20. The van der Waals surface area contributed by atoms with Crippen LogP contribution >= 0.6 is 0 Å². The summed E-state index contributed by atoms with van der Waals surface area (Å²) >= 11 is 0. The highest BCUT2D eigenvalue weighted by atomic mass is 16.5. The molecule has 0 spiro atoms. The average molecular weight is 341 g/mol. The number of aryl methyl sites for hydroxylation is 1. The normalized spacial score (nSPS) is 15.8. The molecular formula is C19H23N3O3. The number of benzene rings is 1. The number of aromatic nitrogens is 1. The molecule has 0 N–H and O–H groups in total. The topological polar surface area (TPSA) is 54.8 Å². The van der Waals surface area contributed by atoms with Crippen molar-refractivity contribution in [1.82, 2.24) is 9.47 Å². The molecule has 0 bridgehead atoms. The summed E-state index contributed by atoms with van der Waals surface area (Å²) in [5.74, 6) is -0.619. The number of hydrogen-bond donors (Lipinski definition) is 0. The minimum atomic E-state index is -0.786. The predicted molar refractivity (Wildman–Crippen MR) is 95.5 cm³/mol. The maximum atomic E-state index is 12.6. The molecule has 2 aromatic rings. The first-order valence-corrected chi connectivity index (χ1v) is 8.47. The summed E-state index contributed by atoms with van der Waals surface area (Å²) < 4.78 is 7.02. The third-order valence-corrected chi connectivity index (χ3v) is 4.50. The first kappa shape index (κ1) is 17.1. The van der Waals surface area contributed by atoms with Gasteiger partial charge in [-0.25, -0.2) is 4.79 Å². The molecule has 1 aliphatic rings. The quantitative estimate of drug-likeness (QED) is 0.798. The van der Waals surface area contributed by atoms with Crippen LogP contribution in [-0.4, -0.2) is 53.6 Å². The van der Waals surface area contributed by atoms with Gasteiger partial charge in [0.2, 0.25) is 0 Å². The minimum absolute atomic E-state index is 0.143. The zero-order valence-electron chi connectivity index (χ0n) is 14.6. The van der Waals surface area contributed by atoms with Crippen molar-refractivity contribution in [2.24, 2.45) is 7.05 Å². The van der Waals surface area contributed by atoms with Crippen molar-refractivity contribution in [1.29, 1.82) is 0 Å². The van der Waals surface area contributed by atoms with Gasteiger partial charge in [0.15, 0.2) is 6.10 Å².